The van der Waals surface area contributed by atoms with Crippen LogP contribution in [-0.2, 0) is 0 Å². The van der Waals surface area contributed by atoms with E-state index < -0.39 is 0 Å². The molecule has 0 radical (unpaired) electrons. The van der Waals surface area contributed by atoms with Crippen molar-refractivity contribution in [1.82, 2.24) is 10.3 Å². The van der Waals surface area contributed by atoms with E-state index >= 15 is 0 Å². The highest BCUT2D eigenvalue weighted by molar-refractivity contribution is 5.94. The SMILES string of the molecule is Cc1cc(C(=O)NCC2CCCCC2)ccn1. The van der Waals surface area contributed by atoms with E-state index in [-0.39, 0.29) is 5.91 Å². The maximum Gasteiger partial charge on any atom is 0.251 e. The summed E-state index contributed by atoms with van der Waals surface area (Å²) in [6.45, 7) is 2.72. The monoisotopic (exact) mass is 232 g/mol. The number of aromatic nitrogens is 1. The van der Waals surface area contributed by atoms with Gasteiger partial charge in [0.05, 0.1) is 0 Å². The quantitative estimate of drug-likeness (QED) is 0.870. The number of pyridine rings is 1. The molecule has 0 unspecified atom stereocenters. The zero-order valence-electron chi connectivity index (χ0n) is 10.4. The molecule has 92 valence electrons. The molecule has 3 nitrogen and oxygen atoms in total. The summed E-state index contributed by atoms with van der Waals surface area (Å²) in [7, 11) is 0. The Bertz CT molecular complexity index is 384. The van der Waals surface area contributed by atoms with Crippen molar-refractivity contribution in [3.05, 3.63) is 29.6 Å². The first-order valence-corrected chi connectivity index (χ1v) is 6.46. The summed E-state index contributed by atoms with van der Waals surface area (Å²) < 4.78 is 0. The lowest BCUT2D eigenvalue weighted by atomic mass is 9.89. The predicted octanol–water partition coefficient (Wildman–Crippen LogP) is 2.70. The Hall–Kier alpha value is -1.38. The minimum atomic E-state index is 0.0288. The first-order valence-electron chi connectivity index (χ1n) is 6.46. The molecule has 17 heavy (non-hydrogen) atoms. The number of hydrogen-bond acceptors (Lipinski definition) is 2. The van der Waals surface area contributed by atoms with Crippen molar-refractivity contribution >= 4 is 5.91 Å². The fourth-order valence-corrected chi connectivity index (χ4v) is 2.42. The Morgan fingerprint density at radius 3 is 2.88 bits per heavy atom. The largest absolute Gasteiger partial charge is 0.352 e. The molecule has 2 rings (SSSR count). The zero-order valence-corrected chi connectivity index (χ0v) is 10.4. The van der Waals surface area contributed by atoms with Gasteiger partial charge in [0.25, 0.3) is 5.91 Å². The van der Waals surface area contributed by atoms with E-state index in [0.29, 0.717) is 11.5 Å². The van der Waals surface area contributed by atoms with Crippen LogP contribution in [-0.4, -0.2) is 17.4 Å². The average Bonchev–Trinajstić information content (AvgIpc) is 2.37. The van der Waals surface area contributed by atoms with Crippen LogP contribution >= 0.6 is 0 Å². The molecule has 0 aliphatic heterocycles. The number of nitrogens with one attached hydrogen (secondary N) is 1. The maximum absolute atomic E-state index is 11.9. The highest BCUT2D eigenvalue weighted by atomic mass is 16.1. The van der Waals surface area contributed by atoms with Gasteiger partial charge in [-0.05, 0) is 37.8 Å². The second-order valence-corrected chi connectivity index (χ2v) is 4.90. The number of rotatable bonds is 3. The topological polar surface area (TPSA) is 42.0 Å². The number of aryl methyl sites for hydroxylation is 1. The van der Waals surface area contributed by atoms with E-state index in [1.807, 2.05) is 13.0 Å². The van der Waals surface area contributed by atoms with Crippen LogP contribution < -0.4 is 5.32 Å². The van der Waals surface area contributed by atoms with Gasteiger partial charge in [-0.25, -0.2) is 0 Å². The highest BCUT2D eigenvalue weighted by Crippen LogP contribution is 2.22. The summed E-state index contributed by atoms with van der Waals surface area (Å²) in [4.78, 5) is 16.0. The predicted molar refractivity (Wildman–Crippen MR) is 67.9 cm³/mol. The standard InChI is InChI=1S/C14H20N2O/c1-11-9-13(7-8-15-11)14(17)16-10-12-5-3-2-4-6-12/h7-9,12H,2-6,10H2,1H3,(H,16,17). The number of amides is 1. The van der Waals surface area contributed by atoms with Gasteiger partial charge in [-0.15, -0.1) is 0 Å². The summed E-state index contributed by atoms with van der Waals surface area (Å²) >= 11 is 0. The van der Waals surface area contributed by atoms with Gasteiger partial charge >= 0.3 is 0 Å². The molecular formula is C14H20N2O. The molecule has 1 aliphatic rings. The second-order valence-electron chi connectivity index (χ2n) is 4.90. The van der Waals surface area contributed by atoms with Crippen LogP contribution in [0.5, 0.6) is 0 Å². The van der Waals surface area contributed by atoms with Crippen LogP contribution in [0.4, 0.5) is 0 Å². The fraction of sp³-hybridized carbons (Fsp3) is 0.571. The summed E-state index contributed by atoms with van der Waals surface area (Å²) in [6, 6.07) is 3.60. The van der Waals surface area contributed by atoms with Gasteiger partial charge in [-0.2, -0.15) is 0 Å². The lowest BCUT2D eigenvalue weighted by molar-refractivity contribution is 0.0943. The Labute approximate surface area is 103 Å². The van der Waals surface area contributed by atoms with Crippen LogP contribution in [0.2, 0.25) is 0 Å². The van der Waals surface area contributed by atoms with Crippen LogP contribution in [0, 0.1) is 12.8 Å². The third kappa shape index (κ3) is 3.55. The molecule has 0 bridgehead atoms. The van der Waals surface area contributed by atoms with E-state index in [2.05, 4.69) is 10.3 Å². The number of carbonyl (C=O) groups excluding carboxylic acids is 1. The smallest absolute Gasteiger partial charge is 0.251 e. The van der Waals surface area contributed by atoms with Gasteiger partial charge in [0, 0.05) is 24.0 Å². The first kappa shape index (κ1) is 12.1. The molecule has 0 atom stereocenters. The van der Waals surface area contributed by atoms with Crippen LogP contribution in [0.1, 0.15) is 48.2 Å². The van der Waals surface area contributed by atoms with Crippen molar-refractivity contribution in [2.24, 2.45) is 5.92 Å². The summed E-state index contributed by atoms with van der Waals surface area (Å²) in [6.07, 6.45) is 8.19. The minimum Gasteiger partial charge on any atom is -0.352 e. The number of nitrogens with zero attached hydrogens (tertiary/aromatic N) is 1. The molecular weight excluding hydrogens is 212 g/mol. The molecule has 0 saturated heterocycles. The van der Waals surface area contributed by atoms with E-state index in [9.17, 15) is 4.79 Å². The lowest BCUT2D eigenvalue weighted by Gasteiger charge is -2.21. The summed E-state index contributed by atoms with van der Waals surface area (Å²) in [5.74, 6) is 0.705. The maximum atomic E-state index is 11.9. The Kier molecular flexibility index (Phi) is 4.13. The molecule has 0 aromatic carbocycles. The van der Waals surface area contributed by atoms with E-state index in [0.717, 1.165) is 12.2 Å². The van der Waals surface area contributed by atoms with Gasteiger partial charge in [0.1, 0.15) is 0 Å². The number of carbonyl (C=O) groups is 1. The molecule has 1 aromatic rings. The Morgan fingerprint density at radius 2 is 2.18 bits per heavy atom. The molecule has 1 aromatic heterocycles. The van der Waals surface area contributed by atoms with Crippen LogP contribution in [0.3, 0.4) is 0 Å². The molecule has 1 fully saturated rings. The van der Waals surface area contributed by atoms with Crippen molar-refractivity contribution in [3.63, 3.8) is 0 Å². The van der Waals surface area contributed by atoms with Gasteiger partial charge in [-0.1, -0.05) is 19.3 Å². The van der Waals surface area contributed by atoms with Crippen LogP contribution in [0.25, 0.3) is 0 Å². The molecule has 1 amide bonds. The molecule has 1 saturated carbocycles. The highest BCUT2D eigenvalue weighted by Gasteiger charge is 2.14. The van der Waals surface area contributed by atoms with Crippen molar-refractivity contribution in [1.29, 1.82) is 0 Å². The summed E-state index contributed by atoms with van der Waals surface area (Å²) in [5, 5.41) is 3.03. The third-order valence-electron chi connectivity index (χ3n) is 3.43. The average molecular weight is 232 g/mol. The Balaban J connectivity index is 1.84. The number of hydrogen-bond donors (Lipinski definition) is 1. The first-order chi connectivity index (χ1) is 8.25. The van der Waals surface area contributed by atoms with Gasteiger partial charge in [-0.3, -0.25) is 9.78 Å². The fourth-order valence-electron chi connectivity index (χ4n) is 2.42. The van der Waals surface area contributed by atoms with Gasteiger partial charge in [0.15, 0.2) is 0 Å². The molecule has 1 N–H and O–H groups in total. The van der Waals surface area contributed by atoms with Crippen molar-refractivity contribution < 1.29 is 4.79 Å². The summed E-state index contributed by atoms with van der Waals surface area (Å²) in [5.41, 5.74) is 1.60. The van der Waals surface area contributed by atoms with Crippen molar-refractivity contribution in [2.75, 3.05) is 6.54 Å². The molecule has 3 heteroatoms. The molecule has 1 heterocycles. The van der Waals surface area contributed by atoms with E-state index in [4.69, 9.17) is 0 Å². The van der Waals surface area contributed by atoms with Gasteiger partial charge < -0.3 is 5.32 Å². The van der Waals surface area contributed by atoms with E-state index in [1.165, 1.54) is 32.1 Å². The Morgan fingerprint density at radius 1 is 1.41 bits per heavy atom. The normalized spacial score (nSPS) is 16.8. The minimum absolute atomic E-state index is 0.0288. The van der Waals surface area contributed by atoms with Crippen molar-refractivity contribution in [2.45, 2.75) is 39.0 Å². The third-order valence-corrected chi connectivity index (χ3v) is 3.43. The molecule has 1 aliphatic carbocycles. The van der Waals surface area contributed by atoms with Crippen LogP contribution in [0.15, 0.2) is 18.3 Å². The van der Waals surface area contributed by atoms with Gasteiger partial charge in [0.2, 0.25) is 0 Å². The zero-order chi connectivity index (χ0) is 12.1. The molecule has 0 spiro atoms. The van der Waals surface area contributed by atoms with E-state index in [1.54, 1.807) is 12.3 Å². The second kappa shape index (κ2) is 5.80. The lowest BCUT2D eigenvalue weighted by Crippen LogP contribution is -2.30. The van der Waals surface area contributed by atoms with Crippen molar-refractivity contribution in [3.8, 4) is 0 Å².